The summed E-state index contributed by atoms with van der Waals surface area (Å²) in [5.74, 6) is 0.0433. The summed E-state index contributed by atoms with van der Waals surface area (Å²) in [6, 6.07) is 3.60. The number of pyridine rings is 1. The lowest BCUT2D eigenvalue weighted by Gasteiger charge is -2.26. The summed E-state index contributed by atoms with van der Waals surface area (Å²) in [5.41, 5.74) is 6.79. The summed E-state index contributed by atoms with van der Waals surface area (Å²) >= 11 is 4.93. The number of nitrogens with zero attached hydrogens (tertiary/aromatic N) is 2. The molecule has 2 N–H and O–H groups in total. The van der Waals surface area contributed by atoms with Crippen LogP contribution < -0.4 is 10.6 Å². The van der Waals surface area contributed by atoms with Gasteiger partial charge in [0, 0.05) is 31.4 Å². The Kier molecular flexibility index (Phi) is 6.38. The molecule has 0 spiro atoms. The van der Waals surface area contributed by atoms with E-state index in [1.807, 2.05) is 6.07 Å². The summed E-state index contributed by atoms with van der Waals surface area (Å²) in [6.45, 7) is 5.84. The Morgan fingerprint density at radius 3 is 2.80 bits per heavy atom. The van der Waals surface area contributed by atoms with Crippen LogP contribution in [-0.4, -0.2) is 36.1 Å². The fourth-order valence-corrected chi connectivity index (χ4v) is 1.94. The first-order valence-electron chi connectivity index (χ1n) is 6.51. The van der Waals surface area contributed by atoms with Crippen molar-refractivity contribution in [2.24, 2.45) is 11.7 Å². The number of carbonyl (C=O) groups is 1. The molecule has 0 amide bonds. The summed E-state index contributed by atoms with van der Waals surface area (Å²) < 4.78 is 4.69. The van der Waals surface area contributed by atoms with Crippen molar-refractivity contribution in [3.63, 3.8) is 0 Å². The van der Waals surface area contributed by atoms with Crippen LogP contribution in [0.4, 0.5) is 5.69 Å². The number of hydrogen-bond acceptors (Lipinski definition) is 5. The molecule has 20 heavy (non-hydrogen) atoms. The van der Waals surface area contributed by atoms with Crippen molar-refractivity contribution in [3.8, 4) is 0 Å². The van der Waals surface area contributed by atoms with E-state index in [0.717, 1.165) is 18.8 Å². The second kappa shape index (κ2) is 7.79. The predicted octanol–water partition coefficient (Wildman–Crippen LogP) is 2.01. The van der Waals surface area contributed by atoms with Gasteiger partial charge in [-0.25, -0.2) is 9.78 Å². The summed E-state index contributed by atoms with van der Waals surface area (Å²) in [6.07, 6.45) is 2.24. The van der Waals surface area contributed by atoms with Crippen LogP contribution in [-0.2, 0) is 4.74 Å². The maximum Gasteiger partial charge on any atom is 0.356 e. The van der Waals surface area contributed by atoms with Crippen molar-refractivity contribution >= 4 is 28.9 Å². The van der Waals surface area contributed by atoms with E-state index >= 15 is 0 Å². The molecular weight excluding hydrogens is 274 g/mol. The standard InChI is InChI=1S/C14H21N3O2S/c1-10(2)9-17(7-5-13(15)20)11-4-6-16-12(8-11)14(18)19-3/h4,6,8,10H,5,7,9H2,1-3H3,(H2,15,20). The van der Waals surface area contributed by atoms with Crippen molar-refractivity contribution in [2.75, 3.05) is 25.1 Å². The lowest BCUT2D eigenvalue weighted by molar-refractivity contribution is 0.0594. The lowest BCUT2D eigenvalue weighted by atomic mass is 10.1. The van der Waals surface area contributed by atoms with Gasteiger partial charge in [0.05, 0.1) is 12.1 Å². The number of rotatable bonds is 7. The molecule has 0 aromatic carbocycles. The molecule has 0 bridgehead atoms. The van der Waals surface area contributed by atoms with Crippen LogP contribution in [0.1, 0.15) is 30.8 Å². The van der Waals surface area contributed by atoms with E-state index in [0.29, 0.717) is 23.0 Å². The Labute approximate surface area is 125 Å². The highest BCUT2D eigenvalue weighted by Crippen LogP contribution is 2.17. The number of ether oxygens (including phenoxy) is 1. The molecule has 6 heteroatoms. The third kappa shape index (κ3) is 5.13. The molecule has 0 saturated carbocycles. The Morgan fingerprint density at radius 2 is 2.25 bits per heavy atom. The van der Waals surface area contributed by atoms with Gasteiger partial charge < -0.3 is 15.4 Å². The molecule has 1 aromatic heterocycles. The normalized spacial score (nSPS) is 10.4. The molecular formula is C14H21N3O2S. The Morgan fingerprint density at radius 1 is 1.55 bits per heavy atom. The third-order valence-electron chi connectivity index (χ3n) is 2.72. The molecule has 110 valence electrons. The second-order valence-corrected chi connectivity index (χ2v) is 5.47. The molecule has 1 rings (SSSR count). The van der Waals surface area contributed by atoms with E-state index in [9.17, 15) is 4.79 Å². The Hall–Kier alpha value is -1.69. The first kappa shape index (κ1) is 16.4. The van der Waals surface area contributed by atoms with Crippen LogP contribution in [0.5, 0.6) is 0 Å². The lowest BCUT2D eigenvalue weighted by Crippen LogP contribution is -2.31. The molecule has 0 radical (unpaired) electrons. The van der Waals surface area contributed by atoms with Crippen LogP contribution in [0.2, 0.25) is 0 Å². The summed E-state index contributed by atoms with van der Waals surface area (Å²) in [7, 11) is 1.34. The minimum Gasteiger partial charge on any atom is -0.464 e. The largest absolute Gasteiger partial charge is 0.464 e. The van der Waals surface area contributed by atoms with E-state index in [-0.39, 0.29) is 0 Å². The smallest absolute Gasteiger partial charge is 0.356 e. The monoisotopic (exact) mass is 295 g/mol. The van der Waals surface area contributed by atoms with E-state index in [1.165, 1.54) is 7.11 Å². The zero-order valence-corrected chi connectivity index (χ0v) is 12.9. The van der Waals surface area contributed by atoms with Gasteiger partial charge in [0.1, 0.15) is 5.69 Å². The highest BCUT2D eigenvalue weighted by molar-refractivity contribution is 7.80. The second-order valence-electron chi connectivity index (χ2n) is 4.95. The quantitative estimate of drug-likeness (QED) is 0.613. The van der Waals surface area contributed by atoms with Gasteiger partial charge in [-0.2, -0.15) is 0 Å². The maximum atomic E-state index is 11.5. The highest BCUT2D eigenvalue weighted by Gasteiger charge is 2.13. The number of methoxy groups -OCH3 is 1. The molecule has 0 unspecified atom stereocenters. The van der Waals surface area contributed by atoms with Crippen molar-refractivity contribution in [1.82, 2.24) is 4.98 Å². The zero-order chi connectivity index (χ0) is 15.1. The summed E-state index contributed by atoms with van der Waals surface area (Å²) in [5, 5.41) is 0. The van der Waals surface area contributed by atoms with Gasteiger partial charge in [0.2, 0.25) is 0 Å². The molecule has 0 fully saturated rings. The molecule has 0 aliphatic heterocycles. The molecule has 1 aromatic rings. The first-order valence-corrected chi connectivity index (χ1v) is 6.92. The van der Waals surface area contributed by atoms with Crippen molar-refractivity contribution in [2.45, 2.75) is 20.3 Å². The van der Waals surface area contributed by atoms with E-state index in [4.69, 9.17) is 18.0 Å². The minimum absolute atomic E-state index is 0.300. The van der Waals surface area contributed by atoms with Gasteiger partial charge in [0.15, 0.2) is 0 Å². The van der Waals surface area contributed by atoms with Gasteiger partial charge in [-0.05, 0) is 18.1 Å². The van der Waals surface area contributed by atoms with Gasteiger partial charge in [-0.15, -0.1) is 0 Å². The van der Waals surface area contributed by atoms with Crippen LogP contribution in [0.25, 0.3) is 0 Å². The minimum atomic E-state index is -0.439. The predicted molar refractivity (Wildman–Crippen MR) is 84.0 cm³/mol. The SMILES string of the molecule is COC(=O)c1cc(N(CCC(N)=S)CC(C)C)ccn1. The Bertz CT molecular complexity index is 477. The molecule has 0 aliphatic rings. The van der Waals surface area contributed by atoms with E-state index in [1.54, 1.807) is 12.3 Å². The fourth-order valence-electron chi connectivity index (χ4n) is 1.84. The number of esters is 1. The summed E-state index contributed by atoms with van der Waals surface area (Å²) in [4.78, 5) is 18.2. The van der Waals surface area contributed by atoms with E-state index < -0.39 is 5.97 Å². The topological polar surface area (TPSA) is 68.5 Å². The highest BCUT2D eigenvalue weighted by atomic mass is 32.1. The number of anilines is 1. The molecule has 0 aliphatic carbocycles. The number of aromatic nitrogens is 1. The van der Waals surface area contributed by atoms with Gasteiger partial charge in [0.25, 0.3) is 0 Å². The Balaban J connectivity index is 2.94. The van der Waals surface area contributed by atoms with E-state index in [2.05, 4.69) is 28.5 Å². The van der Waals surface area contributed by atoms with Crippen LogP contribution in [0.3, 0.4) is 0 Å². The average Bonchev–Trinajstić information content (AvgIpc) is 2.42. The van der Waals surface area contributed by atoms with Crippen LogP contribution >= 0.6 is 12.2 Å². The van der Waals surface area contributed by atoms with Gasteiger partial charge in [-0.3, -0.25) is 0 Å². The maximum absolute atomic E-state index is 11.5. The molecule has 5 nitrogen and oxygen atoms in total. The van der Waals surface area contributed by atoms with Gasteiger partial charge >= 0.3 is 5.97 Å². The molecule has 0 atom stereocenters. The fraction of sp³-hybridized carbons (Fsp3) is 0.500. The number of carbonyl (C=O) groups excluding carboxylic acids is 1. The number of hydrogen-bond donors (Lipinski definition) is 1. The molecule has 1 heterocycles. The number of nitrogens with two attached hydrogens (primary N) is 1. The van der Waals surface area contributed by atoms with Crippen LogP contribution in [0, 0.1) is 5.92 Å². The third-order valence-corrected chi connectivity index (χ3v) is 2.92. The van der Waals surface area contributed by atoms with Crippen molar-refractivity contribution < 1.29 is 9.53 Å². The first-order chi connectivity index (χ1) is 9.43. The average molecular weight is 295 g/mol. The van der Waals surface area contributed by atoms with Crippen molar-refractivity contribution in [1.29, 1.82) is 0 Å². The number of thiocarbonyl (C=S) groups is 1. The molecule has 0 saturated heterocycles. The van der Waals surface area contributed by atoms with Crippen molar-refractivity contribution in [3.05, 3.63) is 24.0 Å². The van der Waals surface area contributed by atoms with Crippen LogP contribution in [0.15, 0.2) is 18.3 Å². The van der Waals surface area contributed by atoms with Gasteiger partial charge in [-0.1, -0.05) is 26.1 Å². The zero-order valence-electron chi connectivity index (χ0n) is 12.1.